The number of amides is 2. The molecule has 0 bridgehead atoms. The molecule has 2 aromatic carbocycles. The number of rotatable bonds is 7. The van der Waals surface area contributed by atoms with E-state index in [1.165, 1.54) is 9.21 Å². The van der Waals surface area contributed by atoms with Crippen LogP contribution in [0, 0.1) is 11.6 Å². The first kappa shape index (κ1) is 24.8. The molecule has 1 unspecified atom stereocenters. The number of halogens is 2. The minimum absolute atomic E-state index is 0.127. The molecule has 10 heteroatoms. The Morgan fingerprint density at radius 2 is 1.67 bits per heavy atom. The third kappa shape index (κ3) is 5.75. The molecule has 178 valence electrons. The van der Waals surface area contributed by atoms with Gasteiger partial charge in [0.2, 0.25) is 15.9 Å². The zero-order valence-electron chi connectivity index (χ0n) is 18.6. The topological polar surface area (TPSA) is 86.8 Å². The lowest BCUT2D eigenvalue weighted by Gasteiger charge is -2.34. The summed E-state index contributed by atoms with van der Waals surface area (Å²) < 4.78 is 53.9. The number of carbonyl (C=O) groups is 2. The van der Waals surface area contributed by atoms with E-state index >= 15 is 0 Å². The second kappa shape index (κ2) is 10.4. The highest BCUT2D eigenvalue weighted by Gasteiger charge is 2.30. The van der Waals surface area contributed by atoms with Crippen LogP contribution in [0.4, 0.5) is 8.78 Å². The Hall–Kier alpha value is -2.85. The summed E-state index contributed by atoms with van der Waals surface area (Å²) in [5.74, 6) is -2.73. The molecule has 0 radical (unpaired) electrons. The Labute approximate surface area is 192 Å². The van der Waals surface area contributed by atoms with Crippen molar-refractivity contribution in [2.24, 2.45) is 0 Å². The van der Waals surface area contributed by atoms with Gasteiger partial charge in [-0.3, -0.25) is 9.59 Å². The number of piperazine rings is 1. The Morgan fingerprint density at radius 1 is 1.03 bits per heavy atom. The van der Waals surface area contributed by atoms with E-state index in [1.807, 2.05) is 12.1 Å². The first-order valence-corrected chi connectivity index (χ1v) is 12.2. The quantitative estimate of drug-likeness (QED) is 0.662. The van der Waals surface area contributed by atoms with Gasteiger partial charge in [-0.2, -0.15) is 4.31 Å². The van der Waals surface area contributed by atoms with Gasteiger partial charge >= 0.3 is 0 Å². The average Bonchev–Trinajstić information content (AvgIpc) is 2.82. The van der Waals surface area contributed by atoms with Crippen molar-refractivity contribution in [2.75, 3.05) is 32.7 Å². The lowest BCUT2D eigenvalue weighted by molar-refractivity contribution is -0.131. The summed E-state index contributed by atoms with van der Waals surface area (Å²) in [5.41, 5.74) is 0.717. The van der Waals surface area contributed by atoms with Crippen molar-refractivity contribution in [2.45, 2.75) is 31.1 Å². The Morgan fingerprint density at radius 3 is 2.24 bits per heavy atom. The van der Waals surface area contributed by atoms with Crippen LogP contribution in [-0.4, -0.2) is 62.2 Å². The van der Waals surface area contributed by atoms with Crippen molar-refractivity contribution in [3.8, 4) is 0 Å². The van der Waals surface area contributed by atoms with Crippen molar-refractivity contribution in [1.82, 2.24) is 14.5 Å². The molecule has 1 heterocycles. The second-order valence-corrected chi connectivity index (χ2v) is 9.91. The number of hydrogen-bond donors (Lipinski definition) is 1. The molecule has 1 fully saturated rings. The molecule has 0 aromatic heterocycles. The Bertz CT molecular complexity index is 1120. The highest BCUT2D eigenvalue weighted by atomic mass is 32.2. The fraction of sp³-hybridized carbons (Fsp3) is 0.391. The number of hydrogen-bond acceptors (Lipinski definition) is 4. The summed E-state index contributed by atoms with van der Waals surface area (Å²) in [6.45, 7) is 4.37. The zero-order valence-corrected chi connectivity index (χ0v) is 19.4. The van der Waals surface area contributed by atoms with Gasteiger partial charge in [0.1, 0.15) is 11.6 Å². The molecule has 1 saturated heterocycles. The number of sulfonamides is 1. The summed E-state index contributed by atoms with van der Waals surface area (Å²) in [7, 11) is -3.68. The smallest absolute Gasteiger partial charge is 0.254 e. The highest BCUT2D eigenvalue weighted by Crippen LogP contribution is 2.23. The second-order valence-electron chi connectivity index (χ2n) is 7.97. The molecular weight excluding hydrogens is 452 g/mol. The molecule has 1 N–H and O–H groups in total. The van der Waals surface area contributed by atoms with Crippen LogP contribution >= 0.6 is 0 Å². The van der Waals surface area contributed by atoms with Crippen LogP contribution in [0.3, 0.4) is 0 Å². The predicted molar refractivity (Wildman–Crippen MR) is 119 cm³/mol. The molecule has 7 nitrogen and oxygen atoms in total. The van der Waals surface area contributed by atoms with Gasteiger partial charge in [-0.15, -0.1) is 0 Å². The van der Waals surface area contributed by atoms with Gasteiger partial charge in [0.15, 0.2) is 0 Å². The largest absolute Gasteiger partial charge is 0.343 e. The minimum atomic E-state index is -3.68. The van der Waals surface area contributed by atoms with E-state index in [2.05, 4.69) is 19.2 Å². The lowest BCUT2D eigenvalue weighted by Crippen LogP contribution is -2.52. The summed E-state index contributed by atoms with van der Waals surface area (Å²) in [6.07, 6.45) is 0.960. The fourth-order valence-corrected chi connectivity index (χ4v) is 4.99. The van der Waals surface area contributed by atoms with Crippen LogP contribution in [0.5, 0.6) is 0 Å². The predicted octanol–water partition coefficient (Wildman–Crippen LogP) is 2.74. The molecular formula is C23H27F2N3O4S. The van der Waals surface area contributed by atoms with E-state index in [4.69, 9.17) is 0 Å². The lowest BCUT2D eigenvalue weighted by atomic mass is 9.99. The van der Waals surface area contributed by atoms with Crippen LogP contribution in [0.25, 0.3) is 0 Å². The summed E-state index contributed by atoms with van der Waals surface area (Å²) in [6, 6.07) is 9.42. The molecule has 2 aromatic rings. The highest BCUT2D eigenvalue weighted by molar-refractivity contribution is 7.89. The standard InChI is InChI=1S/C23H27F2N3O4S/c1-3-16(2)17-4-7-19(8-5-17)33(31,32)28-12-10-27(11-13-28)22(29)15-26-23(30)20-9-6-18(24)14-21(20)25/h4-9,14,16H,3,10-13,15H2,1-2H3,(H,26,30). The van der Waals surface area contributed by atoms with Gasteiger partial charge < -0.3 is 10.2 Å². The normalized spacial score (nSPS) is 15.8. The molecule has 2 amide bonds. The molecule has 0 spiro atoms. The van der Waals surface area contributed by atoms with E-state index in [0.717, 1.165) is 24.1 Å². The van der Waals surface area contributed by atoms with Crippen LogP contribution in [0.15, 0.2) is 47.4 Å². The minimum Gasteiger partial charge on any atom is -0.343 e. The number of nitrogens with one attached hydrogen (secondary N) is 1. The zero-order chi connectivity index (χ0) is 24.2. The van der Waals surface area contributed by atoms with Gasteiger partial charge in [0, 0.05) is 32.2 Å². The first-order chi connectivity index (χ1) is 15.6. The van der Waals surface area contributed by atoms with Crippen molar-refractivity contribution >= 4 is 21.8 Å². The maximum atomic E-state index is 13.7. The fourth-order valence-electron chi connectivity index (χ4n) is 3.57. The molecule has 0 saturated carbocycles. The molecule has 1 aliphatic heterocycles. The molecule has 1 aliphatic rings. The van der Waals surface area contributed by atoms with Crippen molar-refractivity contribution in [3.63, 3.8) is 0 Å². The van der Waals surface area contributed by atoms with Gasteiger partial charge in [-0.1, -0.05) is 26.0 Å². The molecule has 33 heavy (non-hydrogen) atoms. The van der Waals surface area contributed by atoms with E-state index in [0.29, 0.717) is 12.0 Å². The van der Waals surface area contributed by atoms with Crippen molar-refractivity contribution < 1.29 is 26.8 Å². The maximum absolute atomic E-state index is 13.7. The summed E-state index contributed by atoms with van der Waals surface area (Å²) in [5, 5.41) is 2.32. The number of nitrogens with zero attached hydrogens (tertiary/aromatic N) is 2. The van der Waals surface area contributed by atoms with Gasteiger partial charge in [0.25, 0.3) is 5.91 Å². The monoisotopic (exact) mass is 479 g/mol. The van der Waals surface area contributed by atoms with Gasteiger partial charge in [-0.25, -0.2) is 17.2 Å². The Kier molecular flexibility index (Phi) is 7.80. The van der Waals surface area contributed by atoms with Crippen LogP contribution in [-0.2, 0) is 14.8 Å². The van der Waals surface area contributed by atoms with Crippen LogP contribution in [0.2, 0.25) is 0 Å². The Balaban J connectivity index is 1.54. The molecule has 3 rings (SSSR count). The van der Waals surface area contributed by atoms with Crippen LogP contribution < -0.4 is 5.32 Å². The molecule has 0 aliphatic carbocycles. The van der Waals surface area contributed by atoms with Gasteiger partial charge in [0.05, 0.1) is 17.0 Å². The number of carbonyl (C=O) groups excluding carboxylic acids is 2. The van der Waals surface area contributed by atoms with E-state index in [-0.39, 0.29) is 43.2 Å². The third-order valence-corrected chi connectivity index (χ3v) is 7.78. The average molecular weight is 480 g/mol. The van der Waals surface area contributed by atoms with Crippen molar-refractivity contribution in [1.29, 1.82) is 0 Å². The van der Waals surface area contributed by atoms with E-state index in [1.54, 1.807) is 12.1 Å². The van der Waals surface area contributed by atoms with Crippen LogP contribution in [0.1, 0.15) is 42.1 Å². The third-order valence-electron chi connectivity index (χ3n) is 5.87. The summed E-state index contributed by atoms with van der Waals surface area (Å²) >= 11 is 0. The van der Waals surface area contributed by atoms with Gasteiger partial charge in [-0.05, 0) is 42.2 Å². The number of benzene rings is 2. The van der Waals surface area contributed by atoms with E-state index in [9.17, 15) is 26.8 Å². The maximum Gasteiger partial charge on any atom is 0.254 e. The molecule has 1 atom stereocenters. The summed E-state index contributed by atoms with van der Waals surface area (Å²) in [4.78, 5) is 26.1. The SMILES string of the molecule is CCC(C)c1ccc(S(=O)(=O)N2CCN(C(=O)CNC(=O)c3ccc(F)cc3F)CC2)cc1. The van der Waals surface area contributed by atoms with Crippen molar-refractivity contribution in [3.05, 3.63) is 65.2 Å². The van der Waals surface area contributed by atoms with E-state index < -0.39 is 33.5 Å². The first-order valence-electron chi connectivity index (χ1n) is 10.7.